The Labute approximate surface area is 166 Å². The van der Waals surface area contributed by atoms with Gasteiger partial charge in [-0.2, -0.15) is 5.10 Å². The molecule has 2 aromatic rings. The second kappa shape index (κ2) is 6.73. The lowest BCUT2D eigenvalue weighted by atomic mass is 9.53. The number of hydrogen-bond acceptors (Lipinski definition) is 2. The second-order valence-corrected chi connectivity index (χ2v) is 9.53. The fourth-order valence-electron chi connectivity index (χ4n) is 6.57. The standard InChI is InChI=1S/C23H30N4O/c1-15-22(16(2)27(26-15)20-6-4-3-5-7-20)25-21(28)14-24-23-11-17-8-18(12-23)10-19(9-17)13-23/h3-7,17-19,24H,8-14H2,1-2H3,(H,25,28)/p+1. The van der Waals surface area contributed by atoms with Crippen molar-refractivity contribution in [3.63, 3.8) is 0 Å². The van der Waals surface area contributed by atoms with Crippen LogP contribution in [0.5, 0.6) is 0 Å². The largest absolute Gasteiger partial charge is 0.334 e. The fourth-order valence-corrected chi connectivity index (χ4v) is 6.57. The van der Waals surface area contributed by atoms with Gasteiger partial charge in [-0.3, -0.25) is 4.79 Å². The monoisotopic (exact) mass is 379 g/mol. The molecule has 5 heteroatoms. The Bertz CT molecular complexity index is 850. The maximum absolute atomic E-state index is 12.8. The van der Waals surface area contributed by atoms with E-state index in [0.717, 1.165) is 40.5 Å². The summed E-state index contributed by atoms with van der Waals surface area (Å²) in [6.45, 7) is 4.50. The lowest BCUT2D eigenvalue weighted by molar-refractivity contribution is -0.729. The van der Waals surface area contributed by atoms with Gasteiger partial charge in [0.05, 0.1) is 28.3 Å². The first kappa shape index (κ1) is 17.9. The number of benzene rings is 1. The van der Waals surface area contributed by atoms with Crippen LogP contribution in [-0.2, 0) is 4.79 Å². The molecule has 0 aliphatic heterocycles. The van der Waals surface area contributed by atoms with Gasteiger partial charge in [0.2, 0.25) is 0 Å². The Morgan fingerprint density at radius 3 is 2.32 bits per heavy atom. The number of para-hydroxylation sites is 1. The lowest BCUT2D eigenvalue weighted by Crippen LogP contribution is -3.00. The number of anilines is 1. The van der Waals surface area contributed by atoms with Gasteiger partial charge in [0.1, 0.15) is 0 Å². The van der Waals surface area contributed by atoms with E-state index in [1.54, 1.807) is 0 Å². The molecule has 4 saturated carbocycles. The van der Waals surface area contributed by atoms with E-state index in [9.17, 15) is 4.79 Å². The van der Waals surface area contributed by atoms with E-state index in [4.69, 9.17) is 0 Å². The number of aromatic nitrogens is 2. The molecule has 0 saturated heterocycles. The number of carbonyl (C=O) groups is 1. The molecule has 1 heterocycles. The topological polar surface area (TPSA) is 63.5 Å². The third kappa shape index (κ3) is 3.16. The van der Waals surface area contributed by atoms with Crippen LogP contribution in [0.3, 0.4) is 0 Å². The van der Waals surface area contributed by atoms with Crippen molar-refractivity contribution in [3.05, 3.63) is 41.7 Å². The van der Waals surface area contributed by atoms with Crippen molar-refractivity contribution < 1.29 is 10.1 Å². The second-order valence-electron chi connectivity index (χ2n) is 9.53. The third-order valence-electron chi connectivity index (χ3n) is 7.36. The molecule has 0 unspecified atom stereocenters. The summed E-state index contributed by atoms with van der Waals surface area (Å²) in [5, 5.41) is 10.2. The molecule has 0 atom stereocenters. The van der Waals surface area contributed by atoms with Gasteiger partial charge in [0.15, 0.2) is 6.54 Å². The van der Waals surface area contributed by atoms with Crippen LogP contribution in [-0.4, -0.2) is 27.8 Å². The highest BCUT2D eigenvalue weighted by atomic mass is 16.1. The molecular formula is C23H31N4O+. The maximum Gasteiger partial charge on any atom is 0.279 e. The summed E-state index contributed by atoms with van der Waals surface area (Å²) in [4.78, 5) is 12.8. The van der Waals surface area contributed by atoms with Crippen LogP contribution in [0.15, 0.2) is 30.3 Å². The van der Waals surface area contributed by atoms with E-state index in [1.807, 2.05) is 48.9 Å². The molecule has 0 spiro atoms. The Balaban J connectivity index is 1.26. The summed E-state index contributed by atoms with van der Waals surface area (Å²) >= 11 is 0. The van der Waals surface area contributed by atoms with Crippen molar-refractivity contribution in [2.75, 3.05) is 11.9 Å². The van der Waals surface area contributed by atoms with Crippen molar-refractivity contribution >= 4 is 11.6 Å². The zero-order valence-electron chi connectivity index (χ0n) is 16.9. The van der Waals surface area contributed by atoms with Gasteiger partial charge in [-0.15, -0.1) is 0 Å². The summed E-state index contributed by atoms with van der Waals surface area (Å²) in [6, 6.07) is 10.1. The van der Waals surface area contributed by atoms with Gasteiger partial charge in [-0.25, -0.2) is 4.68 Å². The van der Waals surface area contributed by atoms with Crippen LogP contribution in [0.4, 0.5) is 5.69 Å². The van der Waals surface area contributed by atoms with E-state index in [1.165, 1.54) is 38.5 Å². The van der Waals surface area contributed by atoms with Crippen LogP contribution in [0.1, 0.15) is 49.9 Å². The highest BCUT2D eigenvalue weighted by molar-refractivity contribution is 5.92. The Morgan fingerprint density at radius 2 is 1.71 bits per heavy atom. The zero-order chi connectivity index (χ0) is 19.3. The van der Waals surface area contributed by atoms with E-state index >= 15 is 0 Å². The summed E-state index contributed by atoms with van der Waals surface area (Å²) in [5.74, 6) is 2.84. The minimum atomic E-state index is 0.0922. The van der Waals surface area contributed by atoms with E-state index < -0.39 is 0 Å². The summed E-state index contributed by atoms with van der Waals surface area (Å²) < 4.78 is 1.91. The maximum atomic E-state index is 12.8. The minimum Gasteiger partial charge on any atom is -0.334 e. The molecule has 4 aliphatic rings. The van der Waals surface area contributed by atoms with Crippen molar-refractivity contribution in [2.45, 2.75) is 57.9 Å². The van der Waals surface area contributed by atoms with E-state index in [-0.39, 0.29) is 5.91 Å². The average Bonchev–Trinajstić information content (AvgIpc) is 2.94. The fraction of sp³-hybridized carbons (Fsp3) is 0.565. The zero-order valence-corrected chi connectivity index (χ0v) is 16.9. The van der Waals surface area contributed by atoms with Crippen molar-refractivity contribution in [3.8, 4) is 5.69 Å². The minimum absolute atomic E-state index is 0.0922. The van der Waals surface area contributed by atoms with Crippen LogP contribution in [0.2, 0.25) is 0 Å². The molecule has 3 N–H and O–H groups in total. The summed E-state index contributed by atoms with van der Waals surface area (Å²) in [6.07, 6.45) is 8.27. The van der Waals surface area contributed by atoms with Crippen molar-refractivity contribution in [2.24, 2.45) is 17.8 Å². The molecule has 0 radical (unpaired) electrons. The number of amides is 1. The molecule has 1 aromatic heterocycles. The van der Waals surface area contributed by atoms with Gasteiger partial charge in [-0.1, -0.05) is 18.2 Å². The summed E-state index contributed by atoms with van der Waals surface area (Å²) in [5.41, 5.74) is 4.05. The first-order chi connectivity index (χ1) is 13.5. The summed E-state index contributed by atoms with van der Waals surface area (Å²) in [7, 11) is 0. The molecule has 5 nitrogen and oxygen atoms in total. The van der Waals surface area contributed by atoms with Crippen LogP contribution < -0.4 is 10.6 Å². The number of rotatable bonds is 5. The normalized spacial score (nSPS) is 30.6. The predicted molar refractivity (Wildman–Crippen MR) is 109 cm³/mol. The molecule has 1 aromatic carbocycles. The molecule has 4 fully saturated rings. The number of quaternary nitrogens is 1. The van der Waals surface area contributed by atoms with Gasteiger partial charge >= 0.3 is 0 Å². The van der Waals surface area contributed by atoms with Gasteiger partial charge in [-0.05, 0) is 63.0 Å². The molecule has 6 rings (SSSR count). The van der Waals surface area contributed by atoms with Crippen LogP contribution >= 0.6 is 0 Å². The lowest BCUT2D eigenvalue weighted by Gasteiger charge is -2.54. The molecule has 4 bridgehead atoms. The SMILES string of the molecule is Cc1nn(-c2ccccc2)c(C)c1NC(=O)C[NH2+]C12CC3CC(CC(C3)C1)C2. The van der Waals surface area contributed by atoms with Gasteiger partial charge in [0, 0.05) is 19.3 Å². The van der Waals surface area contributed by atoms with Crippen LogP contribution in [0.25, 0.3) is 5.69 Å². The van der Waals surface area contributed by atoms with Gasteiger partial charge in [0.25, 0.3) is 5.91 Å². The third-order valence-corrected chi connectivity index (χ3v) is 7.36. The number of hydrogen-bond donors (Lipinski definition) is 2. The van der Waals surface area contributed by atoms with E-state index in [2.05, 4.69) is 15.7 Å². The molecule has 4 aliphatic carbocycles. The quantitative estimate of drug-likeness (QED) is 0.839. The Kier molecular flexibility index (Phi) is 4.31. The Hall–Kier alpha value is -2.14. The molecule has 148 valence electrons. The average molecular weight is 380 g/mol. The molecular weight excluding hydrogens is 348 g/mol. The molecule has 28 heavy (non-hydrogen) atoms. The first-order valence-electron chi connectivity index (χ1n) is 10.8. The van der Waals surface area contributed by atoms with Gasteiger partial charge < -0.3 is 10.6 Å². The number of nitrogens with one attached hydrogen (secondary N) is 1. The molecule has 1 amide bonds. The van der Waals surface area contributed by atoms with E-state index in [0.29, 0.717) is 12.1 Å². The number of aryl methyl sites for hydroxylation is 1. The highest BCUT2D eigenvalue weighted by Gasteiger charge is 2.53. The number of nitrogens with two attached hydrogens (primary N) is 1. The first-order valence-corrected chi connectivity index (χ1v) is 10.8. The van der Waals surface area contributed by atoms with Crippen molar-refractivity contribution in [1.29, 1.82) is 0 Å². The smallest absolute Gasteiger partial charge is 0.279 e. The van der Waals surface area contributed by atoms with Crippen molar-refractivity contribution in [1.82, 2.24) is 9.78 Å². The number of nitrogens with zero attached hydrogens (tertiary/aromatic N) is 2. The highest BCUT2D eigenvalue weighted by Crippen LogP contribution is 2.54. The predicted octanol–water partition coefficient (Wildman–Crippen LogP) is 2.96. The number of carbonyl (C=O) groups excluding carboxylic acids is 1. The Morgan fingerprint density at radius 1 is 1.11 bits per heavy atom. The van der Waals surface area contributed by atoms with Crippen LogP contribution in [0, 0.1) is 31.6 Å².